The lowest BCUT2D eigenvalue weighted by atomic mass is 10.1. The van der Waals surface area contributed by atoms with Gasteiger partial charge in [0.2, 0.25) is 0 Å². The third kappa shape index (κ3) is 4.43. The topological polar surface area (TPSA) is 24.8 Å². The first-order chi connectivity index (χ1) is 9.63. The van der Waals surface area contributed by atoms with Crippen molar-refractivity contribution in [1.82, 2.24) is 5.01 Å². The van der Waals surface area contributed by atoms with Crippen LogP contribution in [0.2, 0.25) is 0 Å². The van der Waals surface area contributed by atoms with Crippen molar-refractivity contribution in [2.24, 2.45) is 5.10 Å². The molecule has 2 rings (SSSR count). The van der Waals surface area contributed by atoms with Crippen LogP contribution in [-0.4, -0.2) is 25.3 Å². The van der Waals surface area contributed by atoms with Crippen LogP contribution in [0.5, 0.6) is 5.75 Å². The first-order valence-corrected chi connectivity index (χ1v) is 6.63. The zero-order chi connectivity index (χ0) is 14.4. The molecule has 0 aliphatic heterocycles. The quantitative estimate of drug-likeness (QED) is 0.612. The largest absolute Gasteiger partial charge is 0.489 e. The summed E-state index contributed by atoms with van der Waals surface area (Å²) in [6.07, 6.45) is 1.82. The van der Waals surface area contributed by atoms with Crippen molar-refractivity contribution in [3.8, 4) is 5.75 Å². The summed E-state index contributed by atoms with van der Waals surface area (Å²) in [6.45, 7) is 2.68. The predicted molar refractivity (Wildman–Crippen MR) is 83.2 cm³/mol. The molecule has 0 bridgehead atoms. The molecule has 0 fully saturated rings. The van der Waals surface area contributed by atoms with E-state index in [2.05, 4.69) is 36.3 Å². The number of rotatable bonds is 5. The highest BCUT2D eigenvalue weighted by Crippen LogP contribution is 2.14. The summed E-state index contributed by atoms with van der Waals surface area (Å²) in [6, 6.07) is 16.3. The average molecular weight is 268 g/mol. The molecule has 0 heterocycles. The Morgan fingerprint density at radius 2 is 1.85 bits per heavy atom. The Bertz CT molecular complexity index is 574. The van der Waals surface area contributed by atoms with Gasteiger partial charge < -0.3 is 9.75 Å². The van der Waals surface area contributed by atoms with Gasteiger partial charge in [-0.3, -0.25) is 0 Å². The maximum absolute atomic E-state index is 5.77. The molecule has 3 heteroatoms. The lowest BCUT2D eigenvalue weighted by Gasteiger charge is -2.07. The third-order valence-corrected chi connectivity index (χ3v) is 2.81. The van der Waals surface area contributed by atoms with E-state index < -0.39 is 0 Å². The fraction of sp³-hybridized carbons (Fsp3) is 0.235. The van der Waals surface area contributed by atoms with Crippen molar-refractivity contribution >= 4 is 6.21 Å². The number of nitrogens with zero attached hydrogens (tertiary/aromatic N) is 2. The van der Waals surface area contributed by atoms with Gasteiger partial charge in [0.05, 0.1) is 6.21 Å². The molecule has 0 aliphatic carbocycles. The van der Waals surface area contributed by atoms with E-state index in [9.17, 15) is 0 Å². The Morgan fingerprint density at radius 1 is 1.10 bits per heavy atom. The van der Waals surface area contributed by atoms with E-state index in [0.29, 0.717) is 6.61 Å². The van der Waals surface area contributed by atoms with Crippen molar-refractivity contribution in [3.05, 3.63) is 65.2 Å². The number of aryl methyl sites for hydroxylation is 1. The second kappa shape index (κ2) is 6.75. The molecule has 3 nitrogen and oxygen atoms in total. The van der Waals surface area contributed by atoms with E-state index >= 15 is 0 Å². The fourth-order valence-electron chi connectivity index (χ4n) is 1.80. The number of hydrogen-bond donors (Lipinski definition) is 0. The van der Waals surface area contributed by atoms with Crippen molar-refractivity contribution in [3.63, 3.8) is 0 Å². The van der Waals surface area contributed by atoms with Gasteiger partial charge in [0.1, 0.15) is 12.4 Å². The van der Waals surface area contributed by atoms with Gasteiger partial charge in [-0.1, -0.05) is 29.8 Å². The molecular formula is C17H20N2O. The number of hydrogen-bond acceptors (Lipinski definition) is 3. The normalized spacial score (nSPS) is 10.8. The van der Waals surface area contributed by atoms with E-state index in [0.717, 1.165) is 11.3 Å². The minimum Gasteiger partial charge on any atom is -0.489 e. The minimum absolute atomic E-state index is 0.590. The average Bonchev–Trinajstić information content (AvgIpc) is 2.44. The van der Waals surface area contributed by atoms with Gasteiger partial charge in [0.15, 0.2) is 0 Å². The number of hydrazone groups is 1. The standard InChI is InChI=1S/C17H20N2O/c1-14-5-4-6-16(11-14)13-20-17-9-7-15(8-10-17)12-18-19(2)3/h4-12H,13H2,1-3H3/b18-12+. The lowest BCUT2D eigenvalue weighted by Crippen LogP contribution is -2.01. The summed E-state index contributed by atoms with van der Waals surface area (Å²) in [5.74, 6) is 0.869. The Morgan fingerprint density at radius 3 is 2.50 bits per heavy atom. The van der Waals surface area contributed by atoms with Crippen molar-refractivity contribution < 1.29 is 4.74 Å². The Kier molecular flexibility index (Phi) is 4.77. The van der Waals surface area contributed by atoms with Crippen LogP contribution in [0.1, 0.15) is 16.7 Å². The summed E-state index contributed by atoms with van der Waals surface area (Å²) >= 11 is 0. The molecule has 0 spiro atoms. The highest BCUT2D eigenvalue weighted by molar-refractivity contribution is 5.79. The molecule has 0 saturated heterocycles. The van der Waals surface area contributed by atoms with Gasteiger partial charge in [-0.05, 0) is 42.3 Å². The SMILES string of the molecule is Cc1cccc(COc2ccc(/C=N/N(C)C)cc2)c1. The first-order valence-electron chi connectivity index (χ1n) is 6.63. The van der Waals surface area contributed by atoms with Crippen LogP contribution in [0.4, 0.5) is 0 Å². The van der Waals surface area contributed by atoms with Crippen LogP contribution in [-0.2, 0) is 6.61 Å². The monoisotopic (exact) mass is 268 g/mol. The lowest BCUT2D eigenvalue weighted by molar-refractivity contribution is 0.306. The summed E-state index contributed by atoms with van der Waals surface area (Å²) in [4.78, 5) is 0. The van der Waals surface area contributed by atoms with Gasteiger partial charge in [0.25, 0.3) is 0 Å². The van der Waals surface area contributed by atoms with Crippen LogP contribution in [0.3, 0.4) is 0 Å². The molecule has 20 heavy (non-hydrogen) atoms. The first kappa shape index (κ1) is 14.1. The molecule has 2 aromatic rings. The van der Waals surface area contributed by atoms with E-state index in [1.807, 2.05) is 44.6 Å². The van der Waals surface area contributed by atoms with Crippen LogP contribution >= 0.6 is 0 Å². The van der Waals surface area contributed by atoms with E-state index in [1.165, 1.54) is 11.1 Å². The molecule has 2 aromatic carbocycles. The Labute approximate surface area is 120 Å². The number of ether oxygens (including phenoxy) is 1. The van der Waals surface area contributed by atoms with Crippen molar-refractivity contribution in [2.45, 2.75) is 13.5 Å². The molecule has 0 aliphatic rings. The van der Waals surface area contributed by atoms with E-state index in [1.54, 1.807) is 5.01 Å². The van der Waals surface area contributed by atoms with Gasteiger partial charge in [-0.25, -0.2) is 0 Å². The molecular weight excluding hydrogens is 248 g/mol. The molecule has 0 amide bonds. The smallest absolute Gasteiger partial charge is 0.119 e. The third-order valence-electron chi connectivity index (χ3n) is 2.81. The second-order valence-electron chi connectivity index (χ2n) is 4.94. The van der Waals surface area contributed by atoms with Crippen LogP contribution in [0, 0.1) is 6.92 Å². The summed E-state index contributed by atoms with van der Waals surface area (Å²) in [7, 11) is 3.80. The minimum atomic E-state index is 0.590. The summed E-state index contributed by atoms with van der Waals surface area (Å²) in [5.41, 5.74) is 3.49. The summed E-state index contributed by atoms with van der Waals surface area (Å²) in [5, 5.41) is 5.96. The zero-order valence-corrected chi connectivity index (χ0v) is 12.2. The molecule has 0 radical (unpaired) electrons. The van der Waals surface area contributed by atoms with E-state index in [-0.39, 0.29) is 0 Å². The molecule has 0 N–H and O–H groups in total. The maximum Gasteiger partial charge on any atom is 0.119 e. The van der Waals surface area contributed by atoms with Crippen molar-refractivity contribution in [1.29, 1.82) is 0 Å². The predicted octanol–water partition coefficient (Wildman–Crippen LogP) is 3.47. The van der Waals surface area contributed by atoms with Crippen LogP contribution < -0.4 is 4.74 Å². The zero-order valence-electron chi connectivity index (χ0n) is 12.2. The van der Waals surface area contributed by atoms with Crippen molar-refractivity contribution in [2.75, 3.05) is 14.1 Å². The molecule has 104 valence electrons. The Hall–Kier alpha value is -2.29. The van der Waals surface area contributed by atoms with Crippen LogP contribution in [0.25, 0.3) is 0 Å². The number of benzene rings is 2. The molecule has 0 atom stereocenters. The van der Waals surface area contributed by atoms with Gasteiger partial charge in [-0.2, -0.15) is 5.10 Å². The summed E-state index contributed by atoms with van der Waals surface area (Å²) < 4.78 is 5.77. The Balaban J connectivity index is 1.94. The highest BCUT2D eigenvalue weighted by Gasteiger charge is 1.97. The molecule has 0 aromatic heterocycles. The maximum atomic E-state index is 5.77. The van der Waals surface area contributed by atoms with E-state index in [4.69, 9.17) is 4.74 Å². The van der Waals surface area contributed by atoms with Gasteiger partial charge in [-0.15, -0.1) is 0 Å². The van der Waals surface area contributed by atoms with Crippen LogP contribution in [0.15, 0.2) is 53.6 Å². The fourth-order valence-corrected chi connectivity index (χ4v) is 1.80. The highest BCUT2D eigenvalue weighted by atomic mass is 16.5. The molecule has 0 unspecified atom stereocenters. The second-order valence-corrected chi connectivity index (χ2v) is 4.94. The van der Waals surface area contributed by atoms with Gasteiger partial charge in [0, 0.05) is 14.1 Å². The van der Waals surface area contributed by atoms with Gasteiger partial charge >= 0.3 is 0 Å². The molecule has 0 saturated carbocycles.